The lowest BCUT2D eigenvalue weighted by Crippen LogP contribution is -2.36. The Balaban J connectivity index is 2.60. The number of ether oxygens (including phenoxy) is 1. The molecule has 5 nitrogen and oxygen atoms in total. The third-order valence-electron chi connectivity index (χ3n) is 2.94. The van der Waals surface area contributed by atoms with E-state index in [0.717, 1.165) is 0 Å². The van der Waals surface area contributed by atoms with Gasteiger partial charge in [-0.25, -0.2) is 4.79 Å². The summed E-state index contributed by atoms with van der Waals surface area (Å²) in [5, 5.41) is 17.9. The Morgan fingerprint density at radius 2 is 2.36 bits per heavy atom. The summed E-state index contributed by atoms with van der Waals surface area (Å²) >= 11 is 0. The SMILES string of the molecule is COC(C)C1C[C@@H](CO)N(C(=O)O)C1. The van der Waals surface area contributed by atoms with Crippen LogP contribution in [-0.2, 0) is 4.74 Å². The van der Waals surface area contributed by atoms with Gasteiger partial charge in [0.15, 0.2) is 0 Å². The quantitative estimate of drug-likeness (QED) is 0.695. The Bertz CT molecular complexity index is 209. The molecule has 14 heavy (non-hydrogen) atoms. The zero-order valence-electron chi connectivity index (χ0n) is 8.51. The average molecular weight is 203 g/mol. The molecule has 0 bridgehead atoms. The highest BCUT2D eigenvalue weighted by molar-refractivity contribution is 5.65. The van der Waals surface area contributed by atoms with Crippen LogP contribution < -0.4 is 0 Å². The van der Waals surface area contributed by atoms with Gasteiger partial charge >= 0.3 is 6.09 Å². The van der Waals surface area contributed by atoms with E-state index < -0.39 is 6.09 Å². The summed E-state index contributed by atoms with van der Waals surface area (Å²) in [5.74, 6) is 0.188. The summed E-state index contributed by atoms with van der Waals surface area (Å²) in [6.07, 6.45) is -0.249. The third-order valence-corrected chi connectivity index (χ3v) is 2.94. The molecule has 1 aliphatic rings. The van der Waals surface area contributed by atoms with Gasteiger partial charge in [-0.3, -0.25) is 0 Å². The fourth-order valence-corrected chi connectivity index (χ4v) is 1.89. The first-order valence-corrected chi connectivity index (χ1v) is 4.73. The highest BCUT2D eigenvalue weighted by atomic mass is 16.5. The predicted molar refractivity (Wildman–Crippen MR) is 50.2 cm³/mol. The molecule has 0 saturated carbocycles. The van der Waals surface area contributed by atoms with Crippen molar-refractivity contribution in [3.63, 3.8) is 0 Å². The second-order valence-corrected chi connectivity index (χ2v) is 3.71. The summed E-state index contributed by atoms with van der Waals surface area (Å²) in [6.45, 7) is 2.26. The van der Waals surface area contributed by atoms with Crippen molar-refractivity contribution < 1.29 is 19.7 Å². The summed E-state index contributed by atoms with van der Waals surface area (Å²) in [6, 6.07) is -0.268. The van der Waals surface area contributed by atoms with E-state index >= 15 is 0 Å². The van der Waals surface area contributed by atoms with E-state index in [9.17, 15) is 4.79 Å². The van der Waals surface area contributed by atoms with Gasteiger partial charge in [-0.1, -0.05) is 0 Å². The first kappa shape index (κ1) is 11.3. The molecule has 1 aliphatic heterocycles. The summed E-state index contributed by atoms with van der Waals surface area (Å²) in [5.41, 5.74) is 0. The predicted octanol–water partition coefficient (Wildman–Crippen LogP) is 0.382. The molecule has 0 aromatic heterocycles. The van der Waals surface area contributed by atoms with E-state index in [0.29, 0.717) is 13.0 Å². The highest BCUT2D eigenvalue weighted by Crippen LogP contribution is 2.26. The minimum atomic E-state index is -0.963. The topological polar surface area (TPSA) is 70.0 Å². The molecule has 2 unspecified atom stereocenters. The highest BCUT2D eigenvalue weighted by Gasteiger charge is 2.37. The van der Waals surface area contributed by atoms with Gasteiger partial charge in [0.25, 0.3) is 0 Å². The Morgan fingerprint density at radius 1 is 1.71 bits per heavy atom. The van der Waals surface area contributed by atoms with Crippen LogP contribution in [0.2, 0.25) is 0 Å². The first-order chi connectivity index (χ1) is 6.60. The largest absolute Gasteiger partial charge is 0.465 e. The van der Waals surface area contributed by atoms with Gasteiger partial charge in [-0.05, 0) is 13.3 Å². The standard InChI is InChI=1S/C9H17NO4/c1-6(14-2)7-3-8(5-11)10(4-7)9(12)13/h6-8,11H,3-5H2,1-2H3,(H,12,13)/t6?,7?,8-/m0/s1. The smallest absolute Gasteiger partial charge is 0.407 e. The molecular weight excluding hydrogens is 186 g/mol. The van der Waals surface area contributed by atoms with Gasteiger partial charge in [0, 0.05) is 19.6 Å². The van der Waals surface area contributed by atoms with Crippen LogP contribution in [0.15, 0.2) is 0 Å². The molecule has 1 saturated heterocycles. The van der Waals surface area contributed by atoms with E-state index in [1.54, 1.807) is 7.11 Å². The Hall–Kier alpha value is -0.810. The summed E-state index contributed by atoms with van der Waals surface area (Å²) in [4.78, 5) is 12.1. The lowest BCUT2D eigenvalue weighted by Gasteiger charge is -2.19. The van der Waals surface area contributed by atoms with Crippen LogP contribution >= 0.6 is 0 Å². The zero-order chi connectivity index (χ0) is 10.7. The Kier molecular flexibility index (Phi) is 3.71. The number of nitrogens with zero attached hydrogens (tertiary/aromatic N) is 1. The third kappa shape index (κ3) is 2.16. The van der Waals surface area contributed by atoms with Crippen LogP contribution in [0, 0.1) is 5.92 Å². The summed E-state index contributed by atoms with van der Waals surface area (Å²) in [7, 11) is 1.61. The number of methoxy groups -OCH3 is 1. The second kappa shape index (κ2) is 4.61. The number of aliphatic hydroxyl groups is 1. The number of carbonyl (C=O) groups is 1. The molecule has 1 fully saturated rings. The van der Waals surface area contributed by atoms with E-state index in [2.05, 4.69) is 0 Å². The average Bonchev–Trinajstić information content (AvgIpc) is 2.60. The lowest BCUT2D eigenvalue weighted by molar-refractivity contribution is 0.0693. The van der Waals surface area contributed by atoms with Crippen molar-refractivity contribution in [2.75, 3.05) is 20.3 Å². The van der Waals surface area contributed by atoms with Crippen LogP contribution in [0.25, 0.3) is 0 Å². The van der Waals surface area contributed by atoms with Gasteiger partial charge in [-0.2, -0.15) is 0 Å². The van der Waals surface area contributed by atoms with Gasteiger partial charge in [0.2, 0.25) is 0 Å². The molecule has 82 valence electrons. The van der Waals surface area contributed by atoms with Crippen molar-refractivity contribution in [1.82, 2.24) is 4.90 Å². The van der Waals surface area contributed by atoms with Crippen molar-refractivity contribution in [3.05, 3.63) is 0 Å². The normalized spacial score (nSPS) is 29.2. The van der Waals surface area contributed by atoms with E-state index in [-0.39, 0.29) is 24.7 Å². The van der Waals surface area contributed by atoms with E-state index in [1.165, 1.54) is 4.90 Å². The minimum absolute atomic E-state index is 0.0356. The molecule has 5 heteroatoms. The lowest BCUT2D eigenvalue weighted by atomic mass is 10.0. The number of likely N-dealkylation sites (tertiary alicyclic amines) is 1. The molecule has 3 atom stereocenters. The molecule has 0 radical (unpaired) electrons. The number of aliphatic hydroxyl groups excluding tert-OH is 1. The fourth-order valence-electron chi connectivity index (χ4n) is 1.89. The van der Waals surface area contributed by atoms with E-state index in [4.69, 9.17) is 14.9 Å². The number of hydrogen-bond donors (Lipinski definition) is 2. The van der Waals surface area contributed by atoms with Gasteiger partial charge in [0.05, 0.1) is 18.8 Å². The van der Waals surface area contributed by atoms with Crippen LogP contribution in [0.1, 0.15) is 13.3 Å². The summed E-state index contributed by atoms with van der Waals surface area (Å²) < 4.78 is 5.15. The minimum Gasteiger partial charge on any atom is -0.465 e. The molecule has 2 N–H and O–H groups in total. The van der Waals surface area contributed by atoms with Gasteiger partial charge in [-0.15, -0.1) is 0 Å². The van der Waals surface area contributed by atoms with Crippen molar-refractivity contribution in [1.29, 1.82) is 0 Å². The van der Waals surface area contributed by atoms with Gasteiger partial charge < -0.3 is 19.8 Å². The molecule has 0 aliphatic carbocycles. The van der Waals surface area contributed by atoms with Crippen molar-refractivity contribution in [2.24, 2.45) is 5.92 Å². The molecule has 1 rings (SSSR count). The number of amides is 1. The number of carboxylic acid groups (broad SMARTS) is 1. The molecule has 0 spiro atoms. The van der Waals surface area contributed by atoms with Crippen molar-refractivity contribution in [3.8, 4) is 0 Å². The first-order valence-electron chi connectivity index (χ1n) is 4.73. The van der Waals surface area contributed by atoms with Crippen LogP contribution in [-0.4, -0.2) is 53.6 Å². The Labute approximate surface area is 83.3 Å². The molecular formula is C9H17NO4. The molecule has 1 heterocycles. The molecule has 0 aromatic carbocycles. The van der Waals surface area contributed by atoms with Crippen LogP contribution in [0.3, 0.4) is 0 Å². The molecule has 1 amide bonds. The van der Waals surface area contributed by atoms with Gasteiger partial charge in [0.1, 0.15) is 0 Å². The maximum absolute atomic E-state index is 10.8. The Morgan fingerprint density at radius 3 is 2.71 bits per heavy atom. The van der Waals surface area contributed by atoms with E-state index in [1.807, 2.05) is 6.92 Å². The monoisotopic (exact) mass is 203 g/mol. The fraction of sp³-hybridized carbons (Fsp3) is 0.889. The van der Waals surface area contributed by atoms with Crippen LogP contribution in [0.4, 0.5) is 4.79 Å². The zero-order valence-corrected chi connectivity index (χ0v) is 8.51. The second-order valence-electron chi connectivity index (χ2n) is 3.71. The van der Waals surface area contributed by atoms with Crippen molar-refractivity contribution >= 4 is 6.09 Å². The van der Waals surface area contributed by atoms with Crippen LogP contribution in [0.5, 0.6) is 0 Å². The number of hydrogen-bond acceptors (Lipinski definition) is 3. The van der Waals surface area contributed by atoms with Crippen molar-refractivity contribution in [2.45, 2.75) is 25.5 Å². The maximum atomic E-state index is 10.8. The molecule has 0 aromatic rings. The maximum Gasteiger partial charge on any atom is 0.407 e. The number of rotatable bonds is 3.